The summed E-state index contributed by atoms with van der Waals surface area (Å²) in [7, 11) is 0. The second-order valence-electron chi connectivity index (χ2n) is 11.8. The predicted octanol–water partition coefficient (Wildman–Crippen LogP) is 6.12. The molecule has 5 saturated carbocycles. The number of rotatable bonds is 1. The Hall–Kier alpha value is -0.330. The van der Waals surface area contributed by atoms with E-state index in [-0.39, 0.29) is 5.41 Å². The van der Waals surface area contributed by atoms with E-state index in [4.69, 9.17) is 0 Å². The van der Waals surface area contributed by atoms with E-state index in [1.807, 2.05) is 0 Å². The van der Waals surface area contributed by atoms with Gasteiger partial charge in [0, 0.05) is 11.3 Å². The van der Waals surface area contributed by atoms with Crippen LogP contribution in [0.3, 0.4) is 0 Å². The van der Waals surface area contributed by atoms with E-state index in [1.165, 1.54) is 51.4 Å². The molecular formula is C24H38O. The van der Waals surface area contributed by atoms with Crippen molar-refractivity contribution in [3.8, 4) is 0 Å². The Kier molecular flexibility index (Phi) is 3.32. The molecule has 0 bridgehead atoms. The summed E-state index contributed by atoms with van der Waals surface area (Å²) in [4.78, 5) is 13.9. The van der Waals surface area contributed by atoms with Crippen LogP contribution in [0.1, 0.15) is 86.0 Å². The first-order valence-electron chi connectivity index (χ1n) is 11.3. The molecule has 0 radical (unpaired) electrons. The van der Waals surface area contributed by atoms with Gasteiger partial charge in [0.1, 0.15) is 5.78 Å². The lowest BCUT2D eigenvalue weighted by molar-refractivity contribution is -0.133. The van der Waals surface area contributed by atoms with Crippen LogP contribution in [-0.4, -0.2) is 5.78 Å². The Labute approximate surface area is 154 Å². The minimum Gasteiger partial charge on any atom is -0.299 e. The fourth-order valence-electron chi connectivity index (χ4n) is 9.63. The van der Waals surface area contributed by atoms with Gasteiger partial charge in [0.05, 0.1) is 0 Å². The Morgan fingerprint density at radius 3 is 2.44 bits per heavy atom. The predicted molar refractivity (Wildman–Crippen MR) is 102 cm³/mol. The van der Waals surface area contributed by atoms with Crippen LogP contribution in [0.2, 0.25) is 0 Å². The molecule has 25 heavy (non-hydrogen) atoms. The fourth-order valence-corrected chi connectivity index (χ4v) is 9.63. The average molecular weight is 343 g/mol. The molecule has 1 heteroatoms. The monoisotopic (exact) mass is 342 g/mol. The molecule has 0 aromatic rings. The van der Waals surface area contributed by atoms with Gasteiger partial charge in [0.15, 0.2) is 0 Å². The van der Waals surface area contributed by atoms with E-state index < -0.39 is 0 Å². The van der Waals surface area contributed by atoms with Crippen molar-refractivity contribution in [2.75, 3.05) is 0 Å². The molecule has 5 aliphatic rings. The molecule has 0 amide bonds. The molecule has 9 atom stereocenters. The number of ketones is 1. The summed E-state index contributed by atoms with van der Waals surface area (Å²) < 4.78 is 0. The second-order valence-corrected chi connectivity index (χ2v) is 11.8. The van der Waals surface area contributed by atoms with Gasteiger partial charge in [-0.1, -0.05) is 34.6 Å². The standard InChI is InChI=1S/C24H38O/c1-14(2)16-7-9-22(4)13-20-17(12-19(16)22)21(25)24-11-6-15(3)18(24)8-10-23(20,24)5/h14-20H,6-13H2,1-5H3/t15-,16+,17?,18+,19+,20-,22-,23+,24?/m1/s1. The normalized spacial score (nSPS) is 59.8. The van der Waals surface area contributed by atoms with Crippen molar-refractivity contribution < 1.29 is 4.79 Å². The molecule has 1 spiro atoms. The number of carbonyl (C=O) groups is 1. The first kappa shape index (κ1) is 16.8. The highest BCUT2D eigenvalue weighted by Gasteiger charge is 2.75. The van der Waals surface area contributed by atoms with E-state index in [0.717, 1.165) is 29.5 Å². The van der Waals surface area contributed by atoms with Crippen molar-refractivity contribution in [1.82, 2.24) is 0 Å². The minimum absolute atomic E-state index is 0.0874. The van der Waals surface area contributed by atoms with Crippen molar-refractivity contribution in [2.24, 2.45) is 57.7 Å². The zero-order valence-corrected chi connectivity index (χ0v) is 17.1. The largest absolute Gasteiger partial charge is 0.299 e. The molecule has 0 heterocycles. The fraction of sp³-hybridized carbons (Fsp3) is 0.958. The Morgan fingerprint density at radius 2 is 1.72 bits per heavy atom. The van der Waals surface area contributed by atoms with Gasteiger partial charge >= 0.3 is 0 Å². The van der Waals surface area contributed by atoms with Gasteiger partial charge in [-0.2, -0.15) is 0 Å². The van der Waals surface area contributed by atoms with Crippen molar-refractivity contribution >= 4 is 5.78 Å². The van der Waals surface area contributed by atoms with E-state index in [2.05, 4.69) is 34.6 Å². The van der Waals surface area contributed by atoms with Crippen LogP contribution in [0.15, 0.2) is 0 Å². The maximum atomic E-state index is 13.9. The van der Waals surface area contributed by atoms with E-state index in [0.29, 0.717) is 28.6 Å². The maximum Gasteiger partial charge on any atom is 0.143 e. The summed E-state index contributed by atoms with van der Waals surface area (Å²) in [5, 5.41) is 0. The van der Waals surface area contributed by atoms with Crippen LogP contribution in [0, 0.1) is 57.7 Å². The summed E-state index contributed by atoms with van der Waals surface area (Å²) >= 11 is 0. The van der Waals surface area contributed by atoms with E-state index in [9.17, 15) is 4.79 Å². The molecule has 1 nitrogen and oxygen atoms in total. The number of Topliss-reactive ketones (excluding diaryl/α,β-unsaturated/α-hetero) is 1. The first-order valence-corrected chi connectivity index (χ1v) is 11.3. The lowest BCUT2D eigenvalue weighted by Gasteiger charge is -2.49. The van der Waals surface area contributed by atoms with Crippen molar-refractivity contribution in [2.45, 2.75) is 86.0 Å². The lowest BCUT2D eigenvalue weighted by atomic mass is 9.55. The SMILES string of the molecule is CC(C)[C@@H]1CC[C@]2(C)C[C@@H]3C(C[C@@H]12)C(=O)C12CC[C@@H](C)[C@@H]1CC[C@@]32C. The molecule has 0 N–H and O–H groups in total. The summed E-state index contributed by atoms with van der Waals surface area (Å²) in [6.45, 7) is 12.4. The van der Waals surface area contributed by atoms with Gasteiger partial charge in [-0.05, 0) is 97.7 Å². The molecular weight excluding hydrogens is 304 g/mol. The Balaban J connectivity index is 1.55. The highest BCUT2D eigenvalue weighted by atomic mass is 16.1. The molecule has 0 aliphatic heterocycles. The third-order valence-electron chi connectivity index (χ3n) is 10.9. The topological polar surface area (TPSA) is 17.1 Å². The van der Waals surface area contributed by atoms with Crippen molar-refractivity contribution in [3.05, 3.63) is 0 Å². The maximum absolute atomic E-state index is 13.9. The lowest BCUT2D eigenvalue weighted by Crippen LogP contribution is -2.42. The van der Waals surface area contributed by atoms with Crippen LogP contribution in [0.4, 0.5) is 0 Å². The summed E-state index contributed by atoms with van der Waals surface area (Å²) in [6, 6.07) is 0. The molecule has 5 aliphatic carbocycles. The molecule has 5 rings (SSSR count). The smallest absolute Gasteiger partial charge is 0.143 e. The molecule has 0 aromatic carbocycles. The number of hydrogen-bond acceptors (Lipinski definition) is 1. The number of carbonyl (C=O) groups excluding carboxylic acids is 1. The third-order valence-corrected chi connectivity index (χ3v) is 10.9. The van der Waals surface area contributed by atoms with Crippen LogP contribution in [-0.2, 0) is 4.79 Å². The van der Waals surface area contributed by atoms with Gasteiger partial charge < -0.3 is 0 Å². The molecule has 2 unspecified atom stereocenters. The van der Waals surface area contributed by atoms with Crippen molar-refractivity contribution in [1.29, 1.82) is 0 Å². The van der Waals surface area contributed by atoms with E-state index in [1.54, 1.807) is 0 Å². The molecule has 0 aromatic heterocycles. The van der Waals surface area contributed by atoms with Crippen LogP contribution in [0.25, 0.3) is 0 Å². The van der Waals surface area contributed by atoms with Gasteiger partial charge in [-0.15, -0.1) is 0 Å². The van der Waals surface area contributed by atoms with Crippen LogP contribution >= 0.6 is 0 Å². The van der Waals surface area contributed by atoms with Crippen LogP contribution in [0.5, 0.6) is 0 Å². The van der Waals surface area contributed by atoms with Gasteiger partial charge in [0.2, 0.25) is 0 Å². The van der Waals surface area contributed by atoms with Gasteiger partial charge in [-0.25, -0.2) is 0 Å². The molecule has 140 valence electrons. The van der Waals surface area contributed by atoms with E-state index >= 15 is 0 Å². The highest BCUT2D eigenvalue weighted by molar-refractivity contribution is 5.92. The Bertz CT molecular complexity index is 607. The quantitative estimate of drug-likeness (QED) is 0.561. The third kappa shape index (κ3) is 1.75. The zero-order valence-electron chi connectivity index (χ0n) is 17.1. The summed E-state index contributed by atoms with van der Waals surface area (Å²) in [5.41, 5.74) is 0.936. The number of fused-ring (bicyclic) bond motifs is 3. The van der Waals surface area contributed by atoms with Gasteiger partial charge in [-0.3, -0.25) is 4.79 Å². The molecule has 5 fully saturated rings. The van der Waals surface area contributed by atoms with Crippen molar-refractivity contribution in [3.63, 3.8) is 0 Å². The summed E-state index contributed by atoms with van der Waals surface area (Å²) in [5.74, 6) is 5.82. The minimum atomic E-state index is 0.0874. The number of hydrogen-bond donors (Lipinski definition) is 0. The second kappa shape index (κ2) is 4.93. The first-order chi connectivity index (χ1) is 11.7. The zero-order chi connectivity index (χ0) is 17.8. The highest BCUT2D eigenvalue weighted by Crippen LogP contribution is 2.77. The Morgan fingerprint density at radius 1 is 0.960 bits per heavy atom. The van der Waals surface area contributed by atoms with Crippen LogP contribution < -0.4 is 0 Å². The van der Waals surface area contributed by atoms with Gasteiger partial charge in [0.25, 0.3) is 0 Å². The average Bonchev–Trinajstić information content (AvgIpc) is 3.20. The molecule has 0 saturated heterocycles. The summed E-state index contributed by atoms with van der Waals surface area (Å²) in [6.07, 6.45) is 10.6.